The Morgan fingerprint density at radius 2 is 1.98 bits per heavy atom. The number of aryl methyl sites for hydroxylation is 1. The number of amides is 1. The van der Waals surface area contributed by atoms with Crippen molar-refractivity contribution >= 4 is 39.7 Å². The van der Waals surface area contributed by atoms with Crippen molar-refractivity contribution < 1.29 is 9.53 Å². The average molecular weight is 539 g/mol. The molecule has 10 nitrogen and oxygen atoms in total. The van der Waals surface area contributed by atoms with Gasteiger partial charge in [0.2, 0.25) is 0 Å². The van der Waals surface area contributed by atoms with E-state index in [1.54, 1.807) is 4.52 Å². The molecule has 1 fully saturated rings. The number of nitrogens with zero attached hydrogens (tertiary/aromatic N) is 5. The van der Waals surface area contributed by atoms with E-state index >= 15 is 0 Å². The number of anilines is 3. The molecule has 10 heteroatoms. The topological polar surface area (TPSA) is 110 Å². The van der Waals surface area contributed by atoms with E-state index in [1.807, 2.05) is 48.3 Å². The van der Waals surface area contributed by atoms with Gasteiger partial charge < -0.3 is 15.4 Å². The molecule has 3 N–H and O–H groups in total. The van der Waals surface area contributed by atoms with E-state index in [4.69, 9.17) is 4.74 Å². The van der Waals surface area contributed by atoms with Gasteiger partial charge in [0, 0.05) is 16.6 Å². The van der Waals surface area contributed by atoms with E-state index < -0.39 is 6.09 Å². The molecule has 1 amide bonds. The van der Waals surface area contributed by atoms with Crippen molar-refractivity contribution in [1.82, 2.24) is 29.7 Å². The SMILES string of the molecule is CCc1c(NC(=O)OCCC2CCNCC2)cn2ncnc(Nc3ccc4c(cnn4Cc4ccccc4)c3)c12. The third kappa shape index (κ3) is 5.62. The summed E-state index contributed by atoms with van der Waals surface area (Å²) >= 11 is 0. The molecule has 3 aromatic heterocycles. The minimum absolute atomic E-state index is 0.419. The number of aromatic nitrogens is 5. The molecule has 0 spiro atoms. The number of nitrogens with one attached hydrogen (secondary N) is 3. The number of fused-ring (bicyclic) bond motifs is 2. The first-order chi connectivity index (χ1) is 19.7. The Kier molecular flexibility index (Phi) is 7.58. The van der Waals surface area contributed by atoms with Gasteiger partial charge in [-0.1, -0.05) is 37.3 Å². The molecule has 0 bridgehead atoms. The molecule has 0 aliphatic carbocycles. The van der Waals surface area contributed by atoms with Crippen molar-refractivity contribution in [3.05, 3.63) is 78.4 Å². The van der Waals surface area contributed by atoms with Crippen LogP contribution in [0.3, 0.4) is 0 Å². The molecule has 4 heterocycles. The van der Waals surface area contributed by atoms with Crippen LogP contribution in [-0.4, -0.2) is 50.2 Å². The minimum atomic E-state index is -0.444. The van der Waals surface area contributed by atoms with Crippen LogP contribution >= 0.6 is 0 Å². The molecular formula is C30H34N8O2. The summed E-state index contributed by atoms with van der Waals surface area (Å²) in [7, 11) is 0. The van der Waals surface area contributed by atoms with Crippen LogP contribution in [0.5, 0.6) is 0 Å². The molecule has 0 atom stereocenters. The third-order valence-corrected chi connectivity index (χ3v) is 7.57. The van der Waals surface area contributed by atoms with Gasteiger partial charge in [-0.2, -0.15) is 10.2 Å². The van der Waals surface area contributed by atoms with Crippen LogP contribution in [0.2, 0.25) is 0 Å². The third-order valence-electron chi connectivity index (χ3n) is 7.57. The van der Waals surface area contributed by atoms with E-state index in [9.17, 15) is 4.79 Å². The maximum absolute atomic E-state index is 12.6. The number of carbonyl (C=O) groups is 1. The van der Waals surface area contributed by atoms with Crippen LogP contribution < -0.4 is 16.0 Å². The Labute approximate surface area is 232 Å². The van der Waals surface area contributed by atoms with Crippen LogP contribution in [0.15, 0.2) is 67.3 Å². The summed E-state index contributed by atoms with van der Waals surface area (Å²) in [6.45, 7) is 5.26. The Hall–Kier alpha value is -4.44. The Balaban J connectivity index is 1.17. The van der Waals surface area contributed by atoms with Crippen molar-refractivity contribution in [2.45, 2.75) is 39.2 Å². The standard InChI is InChI=1S/C30H34N8O2/c1-2-25-26(36-30(39)40-15-12-21-10-13-31-14-11-21)19-38-28(25)29(32-20-34-38)35-24-8-9-27-23(16-24)17-33-37(27)18-22-6-4-3-5-7-22/h3-9,16-17,19-21,31H,2,10-15,18H2,1H3,(H,36,39)(H,32,34,35). The maximum atomic E-state index is 12.6. The monoisotopic (exact) mass is 538 g/mol. The first-order valence-electron chi connectivity index (χ1n) is 13.9. The van der Waals surface area contributed by atoms with Gasteiger partial charge in [0.1, 0.15) is 11.8 Å². The summed E-state index contributed by atoms with van der Waals surface area (Å²) in [4.78, 5) is 17.1. The van der Waals surface area contributed by atoms with Crippen LogP contribution in [0.25, 0.3) is 16.4 Å². The fourth-order valence-corrected chi connectivity index (χ4v) is 5.45. The predicted molar refractivity (Wildman–Crippen MR) is 156 cm³/mol. The second kappa shape index (κ2) is 11.7. The van der Waals surface area contributed by atoms with Gasteiger partial charge in [0.15, 0.2) is 5.82 Å². The highest BCUT2D eigenvalue weighted by molar-refractivity contribution is 5.91. The molecule has 1 aliphatic heterocycles. The van der Waals surface area contributed by atoms with Gasteiger partial charge in [0.05, 0.1) is 36.7 Å². The quantitative estimate of drug-likeness (QED) is 0.231. The molecule has 0 saturated carbocycles. The highest BCUT2D eigenvalue weighted by Gasteiger charge is 2.18. The summed E-state index contributed by atoms with van der Waals surface area (Å²) in [5.41, 5.74) is 5.58. The second-order valence-electron chi connectivity index (χ2n) is 10.2. The largest absolute Gasteiger partial charge is 0.449 e. The van der Waals surface area contributed by atoms with Crippen LogP contribution in [0, 0.1) is 5.92 Å². The normalized spacial score (nSPS) is 14.0. The van der Waals surface area contributed by atoms with Crippen molar-refractivity contribution in [3.8, 4) is 0 Å². The lowest BCUT2D eigenvalue weighted by atomic mass is 9.95. The van der Waals surface area contributed by atoms with Gasteiger partial charge in [-0.25, -0.2) is 14.3 Å². The molecule has 206 valence electrons. The highest BCUT2D eigenvalue weighted by atomic mass is 16.5. The van der Waals surface area contributed by atoms with Crippen LogP contribution in [0.4, 0.5) is 22.0 Å². The summed E-state index contributed by atoms with van der Waals surface area (Å²) in [6.07, 6.45) is 8.60. The van der Waals surface area contributed by atoms with Crippen molar-refractivity contribution in [3.63, 3.8) is 0 Å². The fraction of sp³-hybridized carbons (Fsp3) is 0.333. The van der Waals surface area contributed by atoms with E-state index in [0.29, 0.717) is 37.0 Å². The predicted octanol–water partition coefficient (Wildman–Crippen LogP) is 5.37. The van der Waals surface area contributed by atoms with E-state index in [1.165, 1.54) is 11.9 Å². The Morgan fingerprint density at radius 3 is 2.80 bits per heavy atom. The molecule has 1 saturated heterocycles. The van der Waals surface area contributed by atoms with E-state index in [0.717, 1.165) is 60.0 Å². The Bertz CT molecular complexity index is 1600. The molecular weight excluding hydrogens is 504 g/mol. The highest BCUT2D eigenvalue weighted by Crippen LogP contribution is 2.30. The van der Waals surface area contributed by atoms with Crippen LogP contribution in [0.1, 0.15) is 37.3 Å². The van der Waals surface area contributed by atoms with Gasteiger partial charge in [0.25, 0.3) is 0 Å². The molecule has 0 unspecified atom stereocenters. The summed E-state index contributed by atoms with van der Waals surface area (Å²) < 4.78 is 9.26. The average Bonchev–Trinajstić information content (AvgIpc) is 3.54. The zero-order valence-corrected chi connectivity index (χ0v) is 22.6. The zero-order chi connectivity index (χ0) is 27.3. The van der Waals surface area contributed by atoms with Crippen LogP contribution in [-0.2, 0) is 17.7 Å². The first kappa shape index (κ1) is 25.8. The summed E-state index contributed by atoms with van der Waals surface area (Å²) in [6, 6.07) is 16.5. The summed E-state index contributed by atoms with van der Waals surface area (Å²) in [5, 5.41) is 19.8. The lowest BCUT2D eigenvalue weighted by molar-refractivity contribution is 0.149. The maximum Gasteiger partial charge on any atom is 0.411 e. The van der Waals surface area contributed by atoms with E-state index in [-0.39, 0.29) is 0 Å². The second-order valence-corrected chi connectivity index (χ2v) is 10.2. The van der Waals surface area contributed by atoms with Crippen molar-refractivity contribution in [2.75, 3.05) is 30.3 Å². The smallest absolute Gasteiger partial charge is 0.411 e. The number of ether oxygens (including phenoxy) is 1. The number of piperidine rings is 1. The molecule has 2 aromatic carbocycles. The molecule has 40 heavy (non-hydrogen) atoms. The first-order valence-corrected chi connectivity index (χ1v) is 13.9. The van der Waals surface area contributed by atoms with Gasteiger partial charge in [-0.3, -0.25) is 10.00 Å². The minimum Gasteiger partial charge on any atom is -0.449 e. The lowest BCUT2D eigenvalue weighted by Crippen LogP contribution is -2.28. The number of benzene rings is 2. The van der Waals surface area contributed by atoms with Crippen molar-refractivity contribution in [1.29, 1.82) is 0 Å². The van der Waals surface area contributed by atoms with Gasteiger partial charge in [-0.15, -0.1) is 0 Å². The zero-order valence-electron chi connectivity index (χ0n) is 22.6. The molecule has 5 aromatic rings. The molecule has 0 radical (unpaired) electrons. The van der Waals surface area contributed by atoms with E-state index in [2.05, 4.69) is 55.4 Å². The number of hydrogen-bond donors (Lipinski definition) is 3. The van der Waals surface area contributed by atoms with Gasteiger partial charge in [-0.05, 0) is 68.5 Å². The fourth-order valence-electron chi connectivity index (χ4n) is 5.45. The number of rotatable bonds is 9. The molecule has 1 aliphatic rings. The number of carbonyl (C=O) groups excluding carboxylic acids is 1. The Morgan fingerprint density at radius 1 is 1.12 bits per heavy atom. The number of hydrogen-bond acceptors (Lipinski definition) is 7. The van der Waals surface area contributed by atoms with Gasteiger partial charge >= 0.3 is 6.09 Å². The molecule has 6 rings (SSSR count). The lowest BCUT2D eigenvalue weighted by Gasteiger charge is -2.22. The summed E-state index contributed by atoms with van der Waals surface area (Å²) in [5.74, 6) is 1.27. The van der Waals surface area contributed by atoms with Crippen molar-refractivity contribution in [2.24, 2.45) is 5.92 Å².